The number of nitrogens with one attached hydrogen (secondary N) is 6. The van der Waals surface area contributed by atoms with E-state index in [0.29, 0.717) is 24.1 Å². The molecule has 0 aliphatic carbocycles. The van der Waals surface area contributed by atoms with Crippen molar-refractivity contribution in [2.24, 2.45) is 11.7 Å². The Kier molecular flexibility index (Phi) is 14.5. The van der Waals surface area contributed by atoms with E-state index in [1.807, 2.05) is 45.0 Å². The Hall–Kier alpha value is -6.26. The number of carboxylic acid groups (broad SMARTS) is 1. The minimum absolute atomic E-state index is 0.0292. The van der Waals surface area contributed by atoms with E-state index in [9.17, 15) is 43.5 Å². The number of rotatable bonds is 19. The van der Waals surface area contributed by atoms with Crippen LogP contribution in [0.15, 0.2) is 54.6 Å². The van der Waals surface area contributed by atoms with Gasteiger partial charge in [0.15, 0.2) is 0 Å². The van der Waals surface area contributed by atoms with Crippen LogP contribution in [-0.2, 0) is 51.2 Å². The maximum Gasteiger partial charge on any atom is 0.305 e. The van der Waals surface area contributed by atoms with E-state index >= 15 is 0 Å². The summed E-state index contributed by atoms with van der Waals surface area (Å²) in [6.07, 6.45) is 1.29. The highest BCUT2D eigenvalue weighted by Crippen LogP contribution is 2.43. The second-order valence-corrected chi connectivity index (χ2v) is 15.7. The molecule has 7 amide bonds. The molecule has 2 aromatic carbocycles. The monoisotopic (exact) mass is 814 g/mol. The molecule has 7 atom stereocenters. The molecule has 1 saturated heterocycles. The van der Waals surface area contributed by atoms with Crippen LogP contribution in [0.4, 0.5) is 0 Å². The number of nitrogens with zero attached hydrogens (tertiary/aromatic N) is 1. The Labute approximate surface area is 342 Å². The van der Waals surface area contributed by atoms with E-state index in [0.717, 1.165) is 29.8 Å². The lowest BCUT2D eigenvalue weighted by Gasteiger charge is -2.37. The number of para-hydroxylation sites is 1. The third-order valence-corrected chi connectivity index (χ3v) is 10.7. The van der Waals surface area contributed by atoms with Gasteiger partial charge in [0.05, 0.1) is 12.5 Å². The number of aliphatic carboxylic acids is 1. The number of nitrogens with two attached hydrogens (primary N) is 1. The Morgan fingerprint density at radius 2 is 1.53 bits per heavy atom. The molecular weight excluding hydrogens is 761 g/mol. The molecule has 17 nitrogen and oxygen atoms in total. The number of hydrogen-bond donors (Lipinski definition) is 8. The molecule has 2 aliphatic heterocycles. The van der Waals surface area contributed by atoms with Crippen molar-refractivity contribution in [1.29, 1.82) is 0 Å². The number of aromatic amines is 1. The van der Waals surface area contributed by atoms with Crippen molar-refractivity contribution < 1.29 is 43.5 Å². The van der Waals surface area contributed by atoms with Gasteiger partial charge in [-0.2, -0.15) is 0 Å². The van der Waals surface area contributed by atoms with Gasteiger partial charge in [0.1, 0.15) is 36.3 Å². The van der Waals surface area contributed by atoms with Crippen LogP contribution in [0.3, 0.4) is 0 Å². The third kappa shape index (κ3) is 10.8. The number of H-pyrrole nitrogens is 1. The number of carbonyl (C=O) groups is 8. The minimum atomic E-state index is -1.47. The van der Waals surface area contributed by atoms with Crippen molar-refractivity contribution in [2.45, 2.75) is 121 Å². The summed E-state index contributed by atoms with van der Waals surface area (Å²) in [5, 5.41) is 23.5. The molecule has 9 N–H and O–H groups in total. The summed E-state index contributed by atoms with van der Waals surface area (Å²) in [6, 6.07) is 8.62. The Balaban J connectivity index is 1.43. The van der Waals surface area contributed by atoms with Crippen molar-refractivity contribution in [2.75, 3.05) is 0 Å². The van der Waals surface area contributed by atoms with Crippen molar-refractivity contribution in [1.82, 2.24) is 36.5 Å². The van der Waals surface area contributed by atoms with Crippen LogP contribution in [-0.4, -0.2) is 98.6 Å². The van der Waals surface area contributed by atoms with Gasteiger partial charge in [0, 0.05) is 42.8 Å². The van der Waals surface area contributed by atoms with Gasteiger partial charge >= 0.3 is 5.97 Å². The fourth-order valence-corrected chi connectivity index (χ4v) is 7.92. The number of carbonyl (C=O) groups excluding carboxylic acids is 7. The first-order valence-electron chi connectivity index (χ1n) is 20.0. The molecule has 1 aromatic heterocycles. The highest BCUT2D eigenvalue weighted by atomic mass is 16.4. The third-order valence-electron chi connectivity index (χ3n) is 10.7. The smallest absolute Gasteiger partial charge is 0.305 e. The summed E-state index contributed by atoms with van der Waals surface area (Å²) in [5.41, 5.74) is 8.58. The van der Waals surface area contributed by atoms with Crippen LogP contribution in [0.2, 0.25) is 0 Å². The number of amides is 7. The lowest BCUT2D eigenvalue weighted by molar-refractivity contribution is -0.143. The van der Waals surface area contributed by atoms with Crippen LogP contribution < -0.4 is 32.3 Å². The molecule has 59 heavy (non-hydrogen) atoms. The Morgan fingerprint density at radius 1 is 0.864 bits per heavy atom. The van der Waals surface area contributed by atoms with Crippen LogP contribution in [0, 0.1) is 5.92 Å². The zero-order valence-corrected chi connectivity index (χ0v) is 33.7. The lowest BCUT2D eigenvalue weighted by atomic mass is 9.91. The van der Waals surface area contributed by atoms with Crippen LogP contribution in [0.5, 0.6) is 0 Å². The van der Waals surface area contributed by atoms with E-state index in [-0.39, 0.29) is 31.6 Å². The summed E-state index contributed by atoms with van der Waals surface area (Å²) in [5.74, 6) is -5.97. The Bertz CT molecular complexity index is 2050. The number of hydrogen-bond acceptors (Lipinski definition) is 8. The van der Waals surface area contributed by atoms with Gasteiger partial charge in [-0.25, -0.2) is 0 Å². The zero-order valence-electron chi connectivity index (χ0n) is 33.7. The lowest BCUT2D eigenvalue weighted by Crippen LogP contribution is -2.59. The number of benzene rings is 2. The predicted molar refractivity (Wildman–Crippen MR) is 216 cm³/mol. The number of aromatic nitrogens is 1. The molecule has 1 fully saturated rings. The van der Waals surface area contributed by atoms with Crippen LogP contribution >= 0.6 is 0 Å². The summed E-state index contributed by atoms with van der Waals surface area (Å²) in [4.78, 5) is 110. The average molecular weight is 815 g/mol. The van der Waals surface area contributed by atoms with Gasteiger partial charge in [-0.3, -0.25) is 38.4 Å². The topological polar surface area (TPSA) is 262 Å². The van der Waals surface area contributed by atoms with E-state index in [4.69, 9.17) is 5.73 Å². The van der Waals surface area contributed by atoms with Gasteiger partial charge in [-0.1, -0.05) is 82.1 Å². The van der Waals surface area contributed by atoms with E-state index in [2.05, 4.69) is 31.6 Å². The fourth-order valence-electron chi connectivity index (χ4n) is 7.92. The summed E-state index contributed by atoms with van der Waals surface area (Å²) < 4.78 is 0. The average Bonchev–Trinajstić information content (AvgIpc) is 3.72. The van der Waals surface area contributed by atoms with Crippen molar-refractivity contribution >= 4 is 58.2 Å². The molecule has 3 aromatic rings. The van der Waals surface area contributed by atoms with E-state index < -0.39 is 96.0 Å². The highest BCUT2D eigenvalue weighted by molar-refractivity contribution is 6.00. The number of unbranched alkanes of at least 4 members (excludes halogenated alkanes) is 1. The van der Waals surface area contributed by atoms with Crippen molar-refractivity contribution in [3.8, 4) is 0 Å². The molecule has 0 saturated carbocycles. The fraction of sp³-hybridized carbons (Fsp3) is 0.476. The number of fused-ring (bicyclic) bond motifs is 5. The largest absolute Gasteiger partial charge is 0.481 e. The first-order valence-corrected chi connectivity index (χ1v) is 20.0. The zero-order chi connectivity index (χ0) is 43.0. The molecule has 0 bridgehead atoms. The quantitative estimate of drug-likeness (QED) is 0.0865. The normalized spacial score (nSPS) is 19.1. The number of carboxylic acids is 1. The molecule has 316 valence electrons. The van der Waals surface area contributed by atoms with Gasteiger partial charge in [0.25, 0.3) is 0 Å². The van der Waals surface area contributed by atoms with Gasteiger partial charge in [0.2, 0.25) is 41.4 Å². The molecule has 2 aliphatic rings. The SMILES string of the molecule is CCCC[C@H](NC(=O)[C@@H]1Cc2c([nH]c3ccccc23)C2C[C@H](NC(=O)[C@H](Cc3ccccc3)NC(=O)[C@H](CC(=O)O)NC(C)=O)C(=O)N21)C(=O)N[C@@H](CC(C)C)C(N)=O. The molecule has 1 unspecified atom stereocenters. The predicted octanol–water partition coefficient (Wildman–Crippen LogP) is 1.25. The van der Waals surface area contributed by atoms with Gasteiger partial charge in [-0.05, 0) is 36.0 Å². The first kappa shape index (κ1) is 43.9. The summed E-state index contributed by atoms with van der Waals surface area (Å²) in [7, 11) is 0. The van der Waals surface area contributed by atoms with E-state index in [1.54, 1.807) is 30.3 Å². The molecule has 17 heteroatoms. The van der Waals surface area contributed by atoms with Crippen LogP contribution in [0.25, 0.3) is 10.9 Å². The molecule has 0 spiro atoms. The standard InChI is InChI=1S/C42H54N8O9/c1-5-6-15-28(38(55)47-29(37(43)54)17-22(2)3)46-41(58)34-19-26-25-14-10-11-16-27(25)45-36(26)33-20-32(42(59)50(33)34)49-39(56)30(18-24-12-8-7-9-13-24)48-40(57)31(21-35(52)53)44-23(4)51/h7-14,16,22,28-34,45H,5-6,15,17-21H2,1-4H3,(H2,43,54)(H,44,51)(H,46,58)(H,47,55)(H,48,57)(H,49,56)(H,52,53)/t28-,29-,30-,31-,32-,33?,34-/m0/s1. The van der Waals surface area contributed by atoms with Crippen molar-refractivity contribution in [3.63, 3.8) is 0 Å². The highest BCUT2D eigenvalue weighted by Gasteiger charge is 2.51. The second kappa shape index (κ2) is 19.5. The minimum Gasteiger partial charge on any atom is -0.481 e. The van der Waals surface area contributed by atoms with E-state index in [1.165, 1.54) is 4.90 Å². The maximum absolute atomic E-state index is 14.5. The molecule has 3 heterocycles. The van der Waals surface area contributed by atoms with Crippen molar-refractivity contribution in [3.05, 3.63) is 71.4 Å². The number of primary amides is 1. The summed E-state index contributed by atoms with van der Waals surface area (Å²) in [6.45, 7) is 6.86. The molecule has 5 rings (SSSR count). The maximum atomic E-state index is 14.5. The Morgan fingerprint density at radius 3 is 2.17 bits per heavy atom. The van der Waals surface area contributed by atoms with Gasteiger partial charge < -0.3 is 47.3 Å². The molecule has 0 radical (unpaired) electrons. The van der Waals surface area contributed by atoms with Gasteiger partial charge in [-0.15, -0.1) is 0 Å². The summed E-state index contributed by atoms with van der Waals surface area (Å²) >= 11 is 0. The first-order chi connectivity index (χ1) is 28.1. The molecular formula is C42H54N8O9. The second-order valence-electron chi connectivity index (χ2n) is 15.7. The van der Waals surface area contributed by atoms with Crippen LogP contribution in [0.1, 0.15) is 89.1 Å².